The highest BCUT2D eigenvalue weighted by atomic mass is 15.3. The number of rotatable bonds is 3. The van der Waals surface area contributed by atoms with Crippen LogP contribution in [0.1, 0.15) is 18.1 Å². The van der Waals surface area contributed by atoms with E-state index in [1.807, 2.05) is 49.7 Å². The van der Waals surface area contributed by atoms with Crippen LogP contribution in [0.2, 0.25) is 0 Å². The lowest BCUT2D eigenvalue weighted by Gasteiger charge is -2.37. The molecule has 6 heteroatoms. The summed E-state index contributed by atoms with van der Waals surface area (Å²) < 4.78 is 0. The minimum atomic E-state index is -0.927. The Balaban J connectivity index is 1.46. The van der Waals surface area contributed by atoms with Crippen LogP contribution < -0.4 is 16.4 Å². The Bertz CT molecular complexity index is 1230. The number of nitrogens with two attached hydrogens (primary N) is 1. The Morgan fingerprint density at radius 1 is 0.964 bits per heavy atom. The zero-order valence-electron chi connectivity index (χ0n) is 15.6. The molecule has 1 atom stereocenters. The van der Waals surface area contributed by atoms with Crippen molar-refractivity contribution in [3.63, 3.8) is 0 Å². The molecular formula is C22H22N6. The van der Waals surface area contributed by atoms with Gasteiger partial charge in [0.25, 0.3) is 0 Å². The summed E-state index contributed by atoms with van der Waals surface area (Å²) in [6.45, 7) is 2.58. The van der Waals surface area contributed by atoms with Gasteiger partial charge in [-0.25, -0.2) is 0 Å². The lowest BCUT2D eigenvalue weighted by Crippen LogP contribution is -2.64. The molecule has 0 radical (unpaired) electrons. The molecule has 0 saturated heterocycles. The number of hydrogen-bond acceptors (Lipinski definition) is 3. The van der Waals surface area contributed by atoms with Gasteiger partial charge in [-0.1, -0.05) is 18.2 Å². The molecule has 4 aromatic rings. The van der Waals surface area contributed by atoms with E-state index in [1.54, 1.807) is 0 Å². The fourth-order valence-electron chi connectivity index (χ4n) is 3.85. The van der Waals surface area contributed by atoms with Crippen LogP contribution in [0.3, 0.4) is 0 Å². The average Bonchev–Trinajstić information content (AvgIpc) is 3.34. The summed E-state index contributed by atoms with van der Waals surface area (Å²) in [5, 5.41) is 9.02. The van der Waals surface area contributed by atoms with Gasteiger partial charge in [0.05, 0.1) is 6.54 Å². The number of nitrogens with zero attached hydrogens (tertiary/aromatic N) is 1. The van der Waals surface area contributed by atoms with Crippen LogP contribution in [0.15, 0.2) is 77.7 Å². The molecule has 28 heavy (non-hydrogen) atoms. The lowest BCUT2D eigenvalue weighted by atomic mass is 10.0. The quantitative estimate of drug-likeness (QED) is 0.382. The van der Waals surface area contributed by atoms with E-state index in [1.165, 1.54) is 5.39 Å². The van der Waals surface area contributed by atoms with E-state index in [2.05, 4.69) is 44.9 Å². The van der Waals surface area contributed by atoms with Crippen molar-refractivity contribution < 1.29 is 0 Å². The molecule has 6 N–H and O–H groups in total. The summed E-state index contributed by atoms with van der Waals surface area (Å²) >= 11 is 0. The van der Waals surface area contributed by atoms with E-state index in [0.717, 1.165) is 39.1 Å². The third kappa shape index (κ3) is 2.84. The number of fused-ring (bicyclic) bond motifs is 2. The maximum absolute atomic E-state index is 6.75. The number of H-pyrrole nitrogens is 2. The topological polar surface area (TPSA) is 94.0 Å². The van der Waals surface area contributed by atoms with Gasteiger partial charge < -0.3 is 20.6 Å². The molecule has 0 spiro atoms. The number of aromatic nitrogens is 2. The molecule has 0 fully saturated rings. The monoisotopic (exact) mass is 370 g/mol. The van der Waals surface area contributed by atoms with Crippen LogP contribution in [0.5, 0.6) is 0 Å². The number of benzene rings is 2. The van der Waals surface area contributed by atoms with E-state index >= 15 is 0 Å². The molecule has 1 aliphatic rings. The first-order valence-electron chi connectivity index (χ1n) is 9.31. The number of amidine groups is 1. The Kier molecular flexibility index (Phi) is 3.74. The lowest BCUT2D eigenvalue weighted by molar-refractivity contribution is 0.344. The summed E-state index contributed by atoms with van der Waals surface area (Å²) in [6.07, 6.45) is 5.86. The van der Waals surface area contributed by atoms with Crippen LogP contribution in [-0.2, 0) is 12.3 Å². The maximum atomic E-state index is 6.75. The van der Waals surface area contributed by atoms with Gasteiger partial charge in [0.1, 0.15) is 5.84 Å². The Labute approximate surface area is 162 Å². The van der Waals surface area contributed by atoms with Gasteiger partial charge >= 0.3 is 0 Å². The fourth-order valence-corrected chi connectivity index (χ4v) is 3.85. The summed E-state index contributed by atoms with van der Waals surface area (Å²) in [4.78, 5) is 11.2. The van der Waals surface area contributed by atoms with E-state index in [0.29, 0.717) is 6.54 Å². The normalized spacial score (nSPS) is 20.9. The molecule has 0 amide bonds. The van der Waals surface area contributed by atoms with Gasteiger partial charge in [0, 0.05) is 40.1 Å². The summed E-state index contributed by atoms with van der Waals surface area (Å²) in [5.74, 6) is -0.162. The second-order valence-corrected chi connectivity index (χ2v) is 7.23. The molecule has 0 aliphatic carbocycles. The van der Waals surface area contributed by atoms with Gasteiger partial charge in [-0.05, 0) is 54.3 Å². The van der Waals surface area contributed by atoms with E-state index in [4.69, 9.17) is 10.7 Å². The summed E-state index contributed by atoms with van der Waals surface area (Å²) in [6, 6.07) is 16.5. The van der Waals surface area contributed by atoms with Gasteiger partial charge in [-0.15, -0.1) is 0 Å². The number of nitrogens with one attached hydrogen (secondary N) is 4. The van der Waals surface area contributed by atoms with Gasteiger partial charge in [-0.3, -0.25) is 10.7 Å². The number of allylic oxidation sites excluding steroid dienone is 1. The highest BCUT2D eigenvalue weighted by Crippen LogP contribution is 2.26. The van der Waals surface area contributed by atoms with Gasteiger partial charge in [0.2, 0.25) is 0 Å². The molecule has 1 unspecified atom stereocenters. The van der Waals surface area contributed by atoms with Crippen molar-refractivity contribution in [1.82, 2.24) is 20.6 Å². The van der Waals surface area contributed by atoms with Crippen molar-refractivity contribution in [3.05, 3.63) is 83.8 Å². The molecule has 2 aromatic carbocycles. The first-order valence-corrected chi connectivity index (χ1v) is 9.31. The third-order valence-corrected chi connectivity index (χ3v) is 5.14. The highest BCUT2D eigenvalue weighted by molar-refractivity contribution is 5.96. The fraction of sp³-hybridized carbons (Fsp3) is 0.136. The molecule has 140 valence electrons. The molecule has 2 aromatic heterocycles. The van der Waals surface area contributed by atoms with Crippen LogP contribution in [-0.4, -0.2) is 15.8 Å². The zero-order chi connectivity index (χ0) is 19.1. The molecule has 3 heterocycles. The minimum Gasteiger partial charge on any atom is -0.361 e. The predicted molar refractivity (Wildman–Crippen MR) is 114 cm³/mol. The molecule has 6 nitrogen and oxygen atoms in total. The van der Waals surface area contributed by atoms with E-state index < -0.39 is 5.79 Å². The minimum absolute atomic E-state index is 0.581. The largest absolute Gasteiger partial charge is 0.361 e. The second kappa shape index (κ2) is 6.28. The molecule has 1 aliphatic heterocycles. The molecule has 0 saturated carbocycles. The van der Waals surface area contributed by atoms with Crippen LogP contribution in [0, 0.1) is 0 Å². The van der Waals surface area contributed by atoms with Crippen molar-refractivity contribution in [1.29, 1.82) is 0 Å². The summed E-state index contributed by atoms with van der Waals surface area (Å²) in [5.41, 5.74) is 12.0. The Hall–Kier alpha value is -3.51. The average molecular weight is 370 g/mol. The maximum Gasteiger partial charge on any atom is 0.190 e. The van der Waals surface area contributed by atoms with Crippen molar-refractivity contribution in [2.45, 2.75) is 19.3 Å². The van der Waals surface area contributed by atoms with Crippen molar-refractivity contribution in [2.75, 3.05) is 0 Å². The first-order chi connectivity index (χ1) is 13.6. The SMILES string of the molecule is CC1=CC(=NCc2ccc3[nH]ccc3c2)NC(N)(c2cccc3[nH]ccc23)N1. The zero-order valence-corrected chi connectivity index (χ0v) is 15.6. The Morgan fingerprint density at radius 3 is 2.75 bits per heavy atom. The van der Waals surface area contributed by atoms with Crippen LogP contribution in [0.4, 0.5) is 0 Å². The second-order valence-electron chi connectivity index (χ2n) is 7.23. The van der Waals surface area contributed by atoms with Crippen molar-refractivity contribution >= 4 is 27.6 Å². The highest BCUT2D eigenvalue weighted by Gasteiger charge is 2.32. The molecule has 0 bridgehead atoms. The van der Waals surface area contributed by atoms with Gasteiger partial charge in [0.15, 0.2) is 5.79 Å². The van der Waals surface area contributed by atoms with Crippen molar-refractivity contribution in [2.24, 2.45) is 10.7 Å². The molecular weight excluding hydrogens is 348 g/mol. The Morgan fingerprint density at radius 2 is 1.82 bits per heavy atom. The number of hydrogen-bond donors (Lipinski definition) is 5. The van der Waals surface area contributed by atoms with Crippen molar-refractivity contribution in [3.8, 4) is 0 Å². The predicted octanol–water partition coefficient (Wildman–Crippen LogP) is 3.41. The number of aromatic amines is 2. The molecule has 5 rings (SSSR count). The standard InChI is InChI=1S/C22H22N6/c1-14-11-21(26-13-15-5-6-19-16(12-15)7-9-24-19)28-22(23,27-14)18-3-2-4-20-17(18)8-10-25-20/h2-12,24-25,27H,13,23H2,1H3,(H,26,28). The smallest absolute Gasteiger partial charge is 0.190 e. The van der Waals surface area contributed by atoms with Crippen LogP contribution in [0.25, 0.3) is 21.8 Å². The van der Waals surface area contributed by atoms with Crippen LogP contribution >= 0.6 is 0 Å². The number of aliphatic imine (C=N–C) groups is 1. The van der Waals surface area contributed by atoms with E-state index in [-0.39, 0.29) is 0 Å². The first kappa shape index (κ1) is 16.6. The third-order valence-electron chi connectivity index (χ3n) is 5.14. The van der Waals surface area contributed by atoms with Gasteiger partial charge in [-0.2, -0.15) is 0 Å². The van der Waals surface area contributed by atoms with E-state index in [9.17, 15) is 0 Å². The summed E-state index contributed by atoms with van der Waals surface area (Å²) in [7, 11) is 0.